The zero-order valence-corrected chi connectivity index (χ0v) is 13.9. The van der Waals surface area contributed by atoms with Gasteiger partial charge in [0.05, 0.1) is 12.1 Å². The summed E-state index contributed by atoms with van der Waals surface area (Å²) in [5, 5.41) is 23.0. The number of carbonyl (C=O) groups excluding carboxylic acids is 1. The van der Waals surface area contributed by atoms with Gasteiger partial charge < -0.3 is 10.2 Å². The number of carbonyl (C=O) groups is 1. The highest BCUT2D eigenvalue weighted by molar-refractivity contribution is 5.89. The zero-order valence-electron chi connectivity index (χ0n) is 13.9. The van der Waals surface area contributed by atoms with Crippen LogP contribution in [0.15, 0.2) is 84.0 Å². The first-order valence-corrected chi connectivity index (χ1v) is 8.10. The van der Waals surface area contributed by atoms with Gasteiger partial charge >= 0.3 is 0 Å². The highest BCUT2D eigenvalue weighted by Crippen LogP contribution is 2.25. The van der Waals surface area contributed by atoms with Gasteiger partial charge in [-0.2, -0.15) is 5.10 Å². The Balaban J connectivity index is 1.81. The van der Waals surface area contributed by atoms with Crippen LogP contribution in [-0.4, -0.2) is 22.3 Å². The molecule has 0 saturated carbocycles. The third-order valence-corrected chi connectivity index (χ3v) is 3.92. The van der Waals surface area contributed by atoms with Gasteiger partial charge in [-0.05, 0) is 23.3 Å². The van der Waals surface area contributed by atoms with Crippen LogP contribution in [0.2, 0.25) is 0 Å². The SMILES string of the molecule is O=C(N/N=C/c1ccc(O)cc1O)C(c1ccccc1)c1ccccc1. The summed E-state index contributed by atoms with van der Waals surface area (Å²) in [4.78, 5) is 12.7. The molecule has 3 aromatic rings. The summed E-state index contributed by atoms with van der Waals surface area (Å²) >= 11 is 0. The number of nitrogens with zero attached hydrogens (tertiary/aromatic N) is 1. The Hall–Kier alpha value is -3.60. The maximum atomic E-state index is 12.7. The van der Waals surface area contributed by atoms with Crippen molar-refractivity contribution in [2.45, 2.75) is 5.92 Å². The van der Waals surface area contributed by atoms with Gasteiger partial charge in [-0.3, -0.25) is 4.79 Å². The second-order valence-corrected chi connectivity index (χ2v) is 5.73. The van der Waals surface area contributed by atoms with E-state index in [1.165, 1.54) is 24.4 Å². The Bertz CT molecular complexity index is 870. The van der Waals surface area contributed by atoms with Gasteiger partial charge in [0.25, 0.3) is 5.91 Å². The van der Waals surface area contributed by atoms with Gasteiger partial charge in [-0.1, -0.05) is 60.7 Å². The molecule has 130 valence electrons. The lowest BCUT2D eigenvalue weighted by molar-refractivity contribution is -0.121. The Labute approximate surface area is 151 Å². The first-order valence-electron chi connectivity index (χ1n) is 8.10. The second kappa shape index (κ2) is 7.98. The fourth-order valence-electron chi connectivity index (χ4n) is 2.66. The number of benzene rings is 3. The summed E-state index contributed by atoms with van der Waals surface area (Å²) in [6, 6.07) is 23.1. The van der Waals surface area contributed by atoms with Crippen molar-refractivity contribution >= 4 is 12.1 Å². The van der Waals surface area contributed by atoms with E-state index in [0.29, 0.717) is 5.56 Å². The summed E-state index contributed by atoms with van der Waals surface area (Å²) in [6.07, 6.45) is 1.33. The number of nitrogens with one attached hydrogen (secondary N) is 1. The fraction of sp³-hybridized carbons (Fsp3) is 0.0476. The van der Waals surface area contributed by atoms with Crippen molar-refractivity contribution in [3.8, 4) is 11.5 Å². The van der Waals surface area contributed by atoms with Crippen molar-refractivity contribution in [2.75, 3.05) is 0 Å². The van der Waals surface area contributed by atoms with E-state index < -0.39 is 5.92 Å². The van der Waals surface area contributed by atoms with Crippen molar-refractivity contribution in [3.63, 3.8) is 0 Å². The third kappa shape index (κ3) is 4.08. The molecule has 0 atom stereocenters. The fourth-order valence-corrected chi connectivity index (χ4v) is 2.66. The molecule has 0 unspecified atom stereocenters. The van der Waals surface area contributed by atoms with Crippen molar-refractivity contribution < 1.29 is 15.0 Å². The van der Waals surface area contributed by atoms with E-state index in [0.717, 1.165) is 11.1 Å². The number of phenols is 2. The van der Waals surface area contributed by atoms with Crippen LogP contribution in [0.3, 0.4) is 0 Å². The highest BCUT2D eigenvalue weighted by Gasteiger charge is 2.22. The van der Waals surface area contributed by atoms with Gasteiger partial charge in [0.1, 0.15) is 11.5 Å². The normalized spacial score (nSPS) is 11.0. The maximum Gasteiger partial charge on any atom is 0.252 e. The van der Waals surface area contributed by atoms with Crippen molar-refractivity contribution in [1.29, 1.82) is 0 Å². The number of phenolic OH excluding ortho intramolecular Hbond substituents is 2. The first kappa shape index (κ1) is 17.2. The molecule has 0 spiro atoms. The van der Waals surface area contributed by atoms with Crippen LogP contribution in [0.1, 0.15) is 22.6 Å². The van der Waals surface area contributed by atoms with Crippen molar-refractivity contribution in [1.82, 2.24) is 5.43 Å². The second-order valence-electron chi connectivity index (χ2n) is 5.73. The standard InChI is InChI=1S/C21H18N2O3/c24-18-12-11-17(19(25)13-18)14-22-23-21(26)20(15-7-3-1-4-8-15)16-9-5-2-6-10-16/h1-14,20,24-25H,(H,23,26)/b22-14+. The van der Waals surface area contributed by atoms with Crippen molar-refractivity contribution in [3.05, 3.63) is 95.6 Å². The molecule has 0 aliphatic heterocycles. The quantitative estimate of drug-likeness (QED) is 0.489. The maximum absolute atomic E-state index is 12.7. The van der Waals surface area contributed by atoms with E-state index in [9.17, 15) is 15.0 Å². The molecule has 5 heteroatoms. The van der Waals surface area contributed by atoms with Gasteiger partial charge in [0.15, 0.2) is 0 Å². The summed E-state index contributed by atoms with van der Waals surface area (Å²) in [5.41, 5.74) is 4.64. The van der Waals surface area contributed by atoms with Crippen LogP contribution in [0.4, 0.5) is 0 Å². The highest BCUT2D eigenvalue weighted by atomic mass is 16.3. The van der Waals surface area contributed by atoms with Crippen LogP contribution < -0.4 is 5.43 Å². The number of aromatic hydroxyl groups is 2. The Morgan fingerprint density at radius 2 is 1.46 bits per heavy atom. The minimum Gasteiger partial charge on any atom is -0.508 e. The smallest absolute Gasteiger partial charge is 0.252 e. The molecule has 3 N–H and O–H groups in total. The Kier molecular flexibility index (Phi) is 5.29. The Morgan fingerprint density at radius 3 is 2.00 bits per heavy atom. The lowest BCUT2D eigenvalue weighted by atomic mass is 9.91. The van der Waals surface area contributed by atoms with Gasteiger partial charge in [0, 0.05) is 11.6 Å². The first-order chi connectivity index (χ1) is 12.6. The third-order valence-electron chi connectivity index (χ3n) is 3.92. The van der Waals surface area contributed by atoms with Crippen molar-refractivity contribution in [2.24, 2.45) is 5.10 Å². The number of amides is 1. The summed E-state index contributed by atoms with van der Waals surface area (Å²) in [5.74, 6) is -0.942. The minimum absolute atomic E-state index is 0.0445. The molecule has 0 aromatic heterocycles. The Morgan fingerprint density at radius 1 is 0.885 bits per heavy atom. The van der Waals surface area contributed by atoms with Crippen LogP contribution in [0.25, 0.3) is 0 Å². The molecule has 0 radical (unpaired) electrons. The molecule has 5 nitrogen and oxygen atoms in total. The average molecular weight is 346 g/mol. The summed E-state index contributed by atoms with van der Waals surface area (Å²) in [7, 11) is 0. The van der Waals surface area contributed by atoms with E-state index in [1.807, 2.05) is 60.7 Å². The summed E-state index contributed by atoms with van der Waals surface area (Å²) in [6.45, 7) is 0. The van der Waals surface area contributed by atoms with Crippen LogP contribution in [0.5, 0.6) is 11.5 Å². The van der Waals surface area contributed by atoms with E-state index in [2.05, 4.69) is 10.5 Å². The van der Waals surface area contributed by atoms with Gasteiger partial charge in [-0.25, -0.2) is 5.43 Å². The number of hydrazone groups is 1. The van der Waals surface area contributed by atoms with Crippen LogP contribution in [0, 0.1) is 0 Å². The largest absolute Gasteiger partial charge is 0.508 e. The number of rotatable bonds is 5. The predicted octanol–water partition coefficient (Wildman–Crippen LogP) is 3.38. The number of hydrogen-bond donors (Lipinski definition) is 3. The molecule has 0 aliphatic rings. The molecule has 0 heterocycles. The topological polar surface area (TPSA) is 81.9 Å². The number of hydrogen-bond acceptors (Lipinski definition) is 4. The lowest BCUT2D eigenvalue weighted by Crippen LogP contribution is -2.26. The molecule has 0 bridgehead atoms. The molecule has 3 aromatic carbocycles. The molecular weight excluding hydrogens is 328 g/mol. The molecule has 0 saturated heterocycles. The molecule has 0 fully saturated rings. The van der Waals surface area contributed by atoms with Gasteiger partial charge in [0.2, 0.25) is 0 Å². The van der Waals surface area contributed by atoms with Gasteiger partial charge in [-0.15, -0.1) is 0 Å². The zero-order chi connectivity index (χ0) is 18.4. The molecule has 3 rings (SSSR count). The molecule has 1 amide bonds. The van der Waals surface area contributed by atoms with E-state index in [1.54, 1.807) is 0 Å². The van der Waals surface area contributed by atoms with E-state index in [4.69, 9.17) is 0 Å². The van der Waals surface area contributed by atoms with E-state index in [-0.39, 0.29) is 17.4 Å². The monoisotopic (exact) mass is 346 g/mol. The average Bonchev–Trinajstić information content (AvgIpc) is 2.65. The summed E-state index contributed by atoms with van der Waals surface area (Å²) < 4.78 is 0. The molecular formula is C21H18N2O3. The van der Waals surface area contributed by atoms with Crippen LogP contribution in [-0.2, 0) is 4.79 Å². The predicted molar refractivity (Wildman–Crippen MR) is 100 cm³/mol. The molecule has 26 heavy (non-hydrogen) atoms. The van der Waals surface area contributed by atoms with Crippen LogP contribution >= 0.6 is 0 Å². The minimum atomic E-state index is -0.497. The molecule has 0 aliphatic carbocycles. The lowest BCUT2D eigenvalue weighted by Gasteiger charge is -2.16. The van der Waals surface area contributed by atoms with E-state index >= 15 is 0 Å².